The minimum Gasteiger partial charge on any atom is -0.481 e. The topological polar surface area (TPSA) is 66.3 Å². The van der Waals surface area contributed by atoms with E-state index >= 15 is 0 Å². The predicted molar refractivity (Wildman–Crippen MR) is 62.9 cm³/mol. The second kappa shape index (κ2) is 3.69. The molecule has 0 spiro atoms. The van der Waals surface area contributed by atoms with Crippen LogP contribution in [0.2, 0.25) is 0 Å². The summed E-state index contributed by atoms with van der Waals surface area (Å²) in [7, 11) is 0. The number of nitrogens with zero attached hydrogens (tertiary/aromatic N) is 3. The van der Waals surface area contributed by atoms with Crippen molar-refractivity contribution in [2.45, 2.75) is 0 Å². The number of anilines is 1. The van der Waals surface area contributed by atoms with Crippen molar-refractivity contribution in [3.8, 4) is 0 Å². The summed E-state index contributed by atoms with van der Waals surface area (Å²) in [5.74, 6) is -0.991. The van der Waals surface area contributed by atoms with Gasteiger partial charge in [-0.2, -0.15) is 10.2 Å². The monoisotopic (exact) mass is 229 g/mol. The number of hydrogen-bond acceptors (Lipinski definition) is 4. The molecule has 1 aromatic heterocycles. The summed E-state index contributed by atoms with van der Waals surface area (Å²) in [5.41, 5.74) is 1.80. The Morgan fingerprint density at radius 1 is 1.35 bits per heavy atom. The molecule has 17 heavy (non-hydrogen) atoms. The van der Waals surface area contributed by atoms with Gasteiger partial charge in [-0.15, -0.1) is 0 Å². The first-order valence-electron chi connectivity index (χ1n) is 5.44. The summed E-state index contributed by atoms with van der Waals surface area (Å²) in [4.78, 5) is 12.8. The SMILES string of the molecule is O=C(O)C1CN(c2cnnc3ccccc23)C1. The van der Waals surface area contributed by atoms with E-state index in [4.69, 9.17) is 5.11 Å². The Labute approximate surface area is 97.7 Å². The van der Waals surface area contributed by atoms with Crippen LogP contribution in [0.5, 0.6) is 0 Å². The second-order valence-corrected chi connectivity index (χ2v) is 4.19. The summed E-state index contributed by atoms with van der Waals surface area (Å²) >= 11 is 0. The molecule has 1 aliphatic heterocycles. The lowest BCUT2D eigenvalue weighted by atomic mass is 9.99. The van der Waals surface area contributed by atoms with Gasteiger partial charge in [0.2, 0.25) is 0 Å². The zero-order chi connectivity index (χ0) is 11.8. The summed E-state index contributed by atoms with van der Waals surface area (Å²) < 4.78 is 0. The fourth-order valence-electron chi connectivity index (χ4n) is 2.08. The minimum atomic E-state index is -0.729. The molecular weight excluding hydrogens is 218 g/mol. The molecule has 0 atom stereocenters. The van der Waals surface area contributed by atoms with Crippen LogP contribution < -0.4 is 4.90 Å². The van der Waals surface area contributed by atoms with Crippen LogP contribution in [0, 0.1) is 5.92 Å². The fourth-order valence-corrected chi connectivity index (χ4v) is 2.08. The third-order valence-electron chi connectivity index (χ3n) is 3.10. The van der Waals surface area contributed by atoms with Gasteiger partial charge in [-0.05, 0) is 6.07 Å². The number of fused-ring (bicyclic) bond motifs is 1. The van der Waals surface area contributed by atoms with Crippen molar-refractivity contribution in [3.05, 3.63) is 30.5 Å². The van der Waals surface area contributed by atoms with E-state index in [-0.39, 0.29) is 5.92 Å². The van der Waals surface area contributed by atoms with E-state index in [1.165, 1.54) is 0 Å². The number of carboxylic acids is 1. The number of rotatable bonds is 2. The zero-order valence-electron chi connectivity index (χ0n) is 9.08. The maximum absolute atomic E-state index is 10.8. The zero-order valence-corrected chi connectivity index (χ0v) is 9.08. The summed E-state index contributed by atoms with van der Waals surface area (Å²) in [5, 5.41) is 17.9. The van der Waals surface area contributed by atoms with Crippen LogP contribution in [0.25, 0.3) is 10.9 Å². The van der Waals surface area contributed by atoms with Gasteiger partial charge in [0, 0.05) is 18.5 Å². The van der Waals surface area contributed by atoms with Crippen LogP contribution in [-0.2, 0) is 4.79 Å². The fraction of sp³-hybridized carbons (Fsp3) is 0.250. The summed E-state index contributed by atoms with van der Waals surface area (Å²) in [6, 6.07) is 7.74. The second-order valence-electron chi connectivity index (χ2n) is 4.19. The van der Waals surface area contributed by atoms with E-state index in [2.05, 4.69) is 10.2 Å². The molecule has 1 saturated heterocycles. The van der Waals surface area contributed by atoms with Gasteiger partial charge in [0.15, 0.2) is 0 Å². The van der Waals surface area contributed by atoms with E-state index in [0.29, 0.717) is 13.1 Å². The standard InChI is InChI=1S/C12H11N3O2/c16-12(17)8-6-15(7-8)11-5-13-14-10-4-2-1-3-9(10)11/h1-5,8H,6-7H2,(H,16,17). The number of benzene rings is 1. The Morgan fingerprint density at radius 2 is 2.12 bits per heavy atom. The molecule has 1 aromatic carbocycles. The Balaban J connectivity index is 1.94. The molecule has 1 aliphatic rings. The summed E-state index contributed by atoms with van der Waals surface area (Å²) in [6.45, 7) is 1.09. The van der Waals surface area contributed by atoms with Crippen LogP contribution in [-0.4, -0.2) is 34.4 Å². The number of hydrogen-bond donors (Lipinski definition) is 1. The van der Waals surface area contributed by atoms with E-state index in [1.54, 1.807) is 6.20 Å². The molecule has 5 nitrogen and oxygen atoms in total. The Kier molecular flexibility index (Phi) is 2.18. The first-order chi connectivity index (χ1) is 8.25. The average Bonchev–Trinajstić information content (AvgIpc) is 2.27. The highest BCUT2D eigenvalue weighted by molar-refractivity contribution is 5.91. The largest absolute Gasteiger partial charge is 0.481 e. The third kappa shape index (κ3) is 1.60. The lowest BCUT2D eigenvalue weighted by molar-refractivity contribution is -0.142. The smallest absolute Gasteiger partial charge is 0.310 e. The van der Waals surface area contributed by atoms with Crippen molar-refractivity contribution < 1.29 is 9.90 Å². The van der Waals surface area contributed by atoms with Gasteiger partial charge >= 0.3 is 5.97 Å². The van der Waals surface area contributed by atoms with Gasteiger partial charge in [-0.1, -0.05) is 18.2 Å². The molecule has 0 radical (unpaired) electrons. The van der Waals surface area contributed by atoms with Crippen LogP contribution in [0.4, 0.5) is 5.69 Å². The maximum Gasteiger partial charge on any atom is 0.310 e. The molecule has 3 rings (SSSR count). The lowest BCUT2D eigenvalue weighted by Gasteiger charge is -2.38. The van der Waals surface area contributed by atoms with Crippen molar-refractivity contribution in [2.24, 2.45) is 5.92 Å². The first kappa shape index (κ1) is 10.0. The summed E-state index contributed by atoms with van der Waals surface area (Å²) in [6.07, 6.45) is 1.69. The number of carboxylic acid groups (broad SMARTS) is 1. The van der Waals surface area contributed by atoms with E-state index < -0.39 is 5.97 Å². The highest BCUT2D eigenvalue weighted by Crippen LogP contribution is 2.29. The van der Waals surface area contributed by atoms with Crippen LogP contribution in [0.1, 0.15) is 0 Å². The number of aromatic nitrogens is 2. The average molecular weight is 229 g/mol. The molecule has 0 unspecified atom stereocenters. The molecule has 0 amide bonds. The predicted octanol–water partition coefficient (Wildman–Crippen LogP) is 1.15. The van der Waals surface area contributed by atoms with Crippen LogP contribution >= 0.6 is 0 Å². The van der Waals surface area contributed by atoms with Gasteiger partial charge in [0.1, 0.15) is 0 Å². The Bertz CT molecular complexity index is 573. The normalized spacial score (nSPS) is 15.9. The van der Waals surface area contributed by atoms with Gasteiger partial charge < -0.3 is 10.0 Å². The van der Waals surface area contributed by atoms with E-state index in [1.807, 2.05) is 29.2 Å². The Hall–Kier alpha value is -2.17. The lowest BCUT2D eigenvalue weighted by Crippen LogP contribution is -2.50. The molecular formula is C12H11N3O2. The van der Waals surface area contributed by atoms with Gasteiger partial charge in [-0.25, -0.2) is 0 Å². The first-order valence-corrected chi connectivity index (χ1v) is 5.44. The van der Waals surface area contributed by atoms with Crippen molar-refractivity contribution in [2.75, 3.05) is 18.0 Å². The molecule has 5 heteroatoms. The molecule has 2 aromatic rings. The van der Waals surface area contributed by atoms with E-state index in [0.717, 1.165) is 16.6 Å². The minimum absolute atomic E-state index is 0.262. The molecule has 1 fully saturated rings. The molecule has 0 saturated carbocycles. The van der Waals surface area contributed by atoms with Crippen molar-refractivity contribution in [1.29, 1.82) is 0 Å². The molecule has 2 heterocycles. The van der Waals surface area contributed by atoms with E-state index in [9.17, 15) is 4.79 Å². The molecule has 0 bridgehead atoms. The number of aliphatic carboxylic acids is 1. The van der Waals surface area contributed by atoms with Gasteiger partial charge in [0.05, 0.1) is 23.3 Å². The van der Waals surface area contributed by atoms with Crippen molar-refractivity contribution >= 4 is 22.6 Å². The van der Waals surface area contributed by atoms with Gasteiger partial charge in [0.25, 0.3) is 0 Å². The molecule has 0 aliphatic carbocycles. The highest BCUT2D eigenvalue weighted by atomic mass is 16.4. The van der Waals surface area contributed by atoms with Crippen LogP contribution in [0.3, 0.4) is 0 Å². The third-order valence-corrected chi connectivity index (χ3v) is 3.10. The quantitative estimate of drug-likeness (QED) is 0.836. The molecule has 1 N–H and O–H groups in total. The van der Waals surface area contributed by atoms with Crippen molar-refractivity contribution in [1.82, 2.24) is 10.2 Å². The number of carbonyl (C=O) groups is 1. The van der Waals surface area contributed by atoms with Crippen LogP contribution in [0.15, 0.2) is 30.5 Å². The highest BCUT2D eigenvalue weighted by Gasteiger charge is 2.33. The Morgan fingerprint density at radius 3 is 2.88 bits per heavy atom. The van der Waals surface area contributed by atoms with Gasteiger partial charge in [-0.3, -0.25) is 4.79 Å². The maximum atomic E-state index is 10.8. The van der Waals surface area contributed by atoms with Crippen molar-refractivity contribution in [3.63, 3.8) is 0 Å². The molecule has 86 valence electrons.